The predicted octanol–water partition coefficient (Wildman–Crippen LogP) is 4.10. The zero-order chi connectivity index (χ0) is 29.6. The van der Waals surface area contributed by atoms with Gasteiger partial charge in [0, 0.05) is 35.3 Å². The summed E-state index contributed by atoms with van der Waals surface area (Å²) < 4.78 is 11.4. The Bertz CT molecular complexity index is 1660. The van der Waals surface area contributed by atoms with Crippen molar-refractivity contribution in [3.05, 3.63) is 70.2 Å². The molecule has 0 spiro atoms. The van der Waals surface area contributed by atoms with Crippen LogP contribution in [0.2, 0.25) is 0 Å². The highest BCUT2D eigenvalue weighted by molar-refractivity contribution is 7.98. The molecule has 0 amide bonds. The van der Waals surface area contributed by atoms with Crippen LogP contribution in [0.5, 0.6) is 17.2 Å². The molecule has 1 aliphatic carbocycles. The second kappa shape index (κ2) is 10.5. The van der Waals surface area contributed by atoms with Crippen molar-refractivity contribution in [3.8, 4) is 28.6 Å². The van der Waals surface area contributed by atoms with Gasteiger partial charge in [0.1, 0.15) is 40.0 Å². The second-order valence-electron chi connectivity index (χ2n) is 10.1. The molecule has 12 heteroatoms. The monoisotopic (exact) mass is 576 g/mol. The third-order valence-electron chi connectivity index (χ3n) is 7.44. The highest BCUT2D eigenvalue weighted by Crippen LogP contribution is 2.57. The first-order valence-electron chi connectivity index (χ1n) is 12.8. The number of allylic oxidation sites excluding steroid dienone is 4. The van der Waals surface area contributed by atoms with Crippen molar-refractivity contribution in [2.75, 3.05) is 12.0 Å². The molecule has 2 aromatic heterocycles. The largest absolute Gasteiger partial charge is 0.507 e. The van der Waals surface area contributed by atoms with Gasteiger partial charge in [-0.15, -0.1) is 0 Å². The Morgan fingerprint density at radius 1 is 1.17 bits per heavy atom. The highest BCUT2D eigenvalue weighted by Gasteiger charge is 2.56. The average Bonchev–Trinajstić information content (AvgIpc) is 3.54. The van der Waals surface area contributed by atoms with Crippen LogP contribution >= 0.6 is 11.8 Å². The minimum absolute atomic E-state index is 0.0281. The average molecular weight is 577 g/mol. The number of nitrogens with one attached hydrogen (secondary N) is 1. The number of hydrogen-bond donors (Lipinski definition) is 3. The summed E-state index contributed by atoms with van der Waals surface area (Å²) in [6.07, 6.45) is 6.94. The third-order valence-corrected chi connectivity index (χ3v) is 8.08. The number of benzene rings is 1. The molecule has 2 aliphatic rings. The lowest BCUT2D eigenvalue weighted by molar-refractivity contribution is -0.123. The third kappa shape index (κ3) is 4.48. The van der Waals surface area contributed by atoms with Crippen molar-refractivity contribution in [2.24, 2.45) is 0 Å². The topological polar surface area (TPSA) is 165 Å². The number of hydrogen-bond acceptors (Lipinski definition) is 12. The van der Waals surface area contributed by atoms with Gasteiger partial charge in [0.25, 0.3) is 0 Å². The number of nitrogens with zero attached hydrogens (tertiary/aromatic N) is 3. The van der Waals surface area contributed by atoms with Crippen molar-refractivity contribution in [2.45, 2.75) is 45.6 Å². The zero-order valence-corrected chi connectivity index (χ0v) is 23.9. The lowest BCUT2D eigenvalue weighted by Gasteiger charge is -2.29. The van der Waals surface area contributed by atoms with Gasteiger partial charge >= 0.3 is 0 Å². The number of aromatic nitrogens is 3. The van der Waals surface area contributed by atoms with E-state index in [4.69, 9.17) is 9.26 Å². The molecule has 41 heavy (non-hydrogen) atoms. The Hall–Kier alpha value is -4.45. The van der Waals surface area contributed by atoms with Gasteiger partial charge in [0.15, 0.2) is 17.3 Å². The molecule has 0 bridgehead atoms. The van der Waals surface area contributed by atoms with Crippen LogP contribution in [0.3, 0.4) is 0 Å². The first-order chi connectivity index (χ1) is 19.5. The van der Waals surface area contributed by atoms with Crippen LogP contribution in [0.15, 0.2) is 52.2 Å². The number of ether oxygens (including phenoxy) is 1. The Kier molecular flexibility index (Phi) is 7.20. The summed E-state index contributed by atoms with van der Waals surface area (Å²) in [6.45, 7) is 5.81. The Morgan fingerprint density at radius 2 is 1.88 bits per heavy atom. The van der Waals surface area contributed by atoms with Gasteiger partial charge in [-0.05, 0) is 58.3 Å². The normalized spacial score (nSPS) is 19.7. The van der Waals surface area contributed by atoms with Crippen molar-refractivity contribution >= 4 is 29.1 Å². The van der Waals surface area contributed by atoms with E-state index in [9.17, 15) is 24.6 Å². The molecule has 2 atom stereocenters. The smallest absolute Gasteiger partial charge is 0.249 e. The lowest BCUT2D eigenvalue weighted by Crippen LogP contribution is -2.41. The molecule has 3 aromatic rings. The number of carbonyl (C=O) groups is 3. The molecule has 5 rings (SSSR count). The van der Waals surface area contributed by atoms with Crippen molar-refractivity contribution in [1.82, 2.24) is 20.4 Å². The molecule has 0 radical (unpaired) electrons. The summed E-state index contributed by atoms with van der Waals surface area (Å²) in [6, 6.07) is 3.00. The van der Waals surface area contributed by atoms with E-state index in [-0.39, 0.29) is 51.1 Å². The standard InChI is InChI=1S/C29H28N4O7S/c1-13-23(36)21(15(3)34)25-22(24(13)37)29(4)19(39-25)12-18(35)20(26(29)38)14(2)31-17(8-11-41-5)28-32-27(33-40-28)16-6-9-30-10-7-16/h6-7,9-10,12,17,31,36-37H,8,11H2,1-5H3/b20-14+/t17?,29-/m0/s1. The number of Topliss-reactive ketones (excluding diaryl/α,β-unsaturated/α-hetero) is 2. The van der Waals surface area contributed by atoms with Gasteiger partial charge in [-0.2, -0.15) is 16.7 Å². The van der Waals surface area contributed by atoms with Crippen LogP contribution in [-0.4, -0.2) is 54.7 Å². The minimum Gasteiger partial charge on any atom is -0.507 e. The van der Waals surface area contributed by atoms with Gasteiger partial charge < -0.3 is 24.8 Å². The number of phenols is 2. The van der Waals surface area contributed by atoms with Gasteiger partial charge in [-0.1, -0.05) is 5.16 Å². The van der Waals surface area contributed by atoms with Crippen LogP contribution in [0.1, 0.15) is 60.6 Å². The first-order valence-corrected chi connectivity index (χ1v) is 14.2. The zero-order valence-electron chi connectivity index (χ0n) is 23.1. The molecule has 1 aromatic carbocycles. The fraction of sp³-hybridized carbons (Fsp3) is 0.310. The summed E-state index contributed by atoms with van der Waals surface area (Å²) in [5.41, 5.74) is -0.837. The van der Waals surface area contributed by atoms with E-state index in [1.165, 1.54) is 26.8 Å². The molecule has 0 fully saturated rings. The van der Waals surface area contributed by atoms with E-state index in [1.807, 2.05) is 6.26 Å². The number of ketones is 3. The van der Waals surface area contributed by atoms with E-state index >= 15 is 0 Å². The molecule has 1 unspecified atom stereocenters. The molecule has 212 valence electrons. The van der Waals surface area contributed by atoms with E-state index in [0.29, 0.717) is 12.2 Å². The summed E-state index contributed by atoms with van der Waals surface area (Å²) in [5.74, 6) is -1.33. The van der Waals surface area contributed by atoms with Crippen LogP contribution in [0.4, 0.5) is 0 Å². The first kappa shape index (κ1) is 28.1. The van der Waals surface area contributed by atoms with Crippen molar-refractivity contribution in [1.29, 1.82) is 0 Å². The fourth-order valence-corrected chi connectivity index (χ4v) is 5.66. The SMILES string of the molecule is CSCCC(N/C(C)=C1\C(=O)C=C2Oc3c(C(C)=O)c(O)c(C)c(O)c3[C@@]2(C)C1=O)c1nc(-c2ccncc2)no1. The van der Waals surface area contributed by atoms with E-state index < -0.39 is 34.6 Å². The number of fused-ring (bicyclic) bond motifs is 3. The quantitative estimate of drug-likeness (QED) is 0.200. The molecular weight excluding hydrogens is 548 g/mol. The summed E-state index contributed by atoms with van der Waals surface area (Å²) >= 11 is 1.61. The van der Waals surface area contributed by atoms with E-state index in [0.717, 1.165) is 11.3 Å². The highest BCUT2D eigenvalue weighted by atomic mass is 32.2. The maximum atomic E-state index is 14.1. The van der Waals surface area contributed by atoms with Crippen LogP contribution in [-0.2, 0) is 15.0 Å². The number of pyridine rings is 1. The fourth-order valence-electron chi connectivity index (χ4n) is 5.18. The number of phenolic OH excluding ortho intramolecular Hbond substituents is 2. The Balaban J connectivity index is 1.56. The molecule has 0 saturated heterocycles. The van der Waals surface area contributed by atoms with Gasteiger partial charge in [0.05, 0.1) is 11.1 Å². The number of rotatable bonds is 8. The van der Waals surface area contributed by atoms with Crippen LogP contribution in [0, 0.1) is 6.92 Å². The van der Waals surface area contributed by atoms with E-state index in [2.05, 4.69) is 20.4 Å². The van der Waals surface area contributed by atoms with Crippen LogP contribution in [0.25, 0.3) is 11.4 Å². The Labute approximate surface area is 239 Å². The van der Waals surface area contributed by atoms with Crippen molar-refractivity contribution in [3.63, 3.8) is 0 Å². The van der Waals surface area contributed by atoms with Gasteiger partial charge in [-0.25, -0.2) is 0 Å². The number of carbonyl (C=O) groups excluding carboxylic acids is 3. The van der Waals surface area contributed by atoms with Crippen LogP contribution < -0.4 is 10.1 Å². The molecule has 0 saturated carbocycles. The molecule has 11 nitrogen and oxygen atoms in total. The summed E-state index contributed by atoms with van der Waals surface area (Å²) in [4.78, 5) is 48.4. The predicted molar refractivity (Wildman–Crippen MR) is 150 cm³/mol. The summed E-state index contributed by atoms with van der Waals surface area (Å²) in [5, 5.41) is 28.9. The number of aromatic hydroxyl groups is 2. The number of thioether (sulfide) groups is 1. The molecule has 3 heterocycles. The van der Waals surface area contributed by atoms with Crippen molar-refractivity contribution < 1.29 is 33.9 Å². The molecule has 3 N–H and O–H groups in total. The second-order valence-corrected chi connectivity index (χ2v) is 11.0. The lowest BCUT2D eigenvalue weighted by atomic mass is 9.70. The van der Waals surface area contributed by atoms with E-state index in [1.54, 1.807) is 43.2 Å². The van der Waals surface area contributed by atoms with Gasteiger partial charge in [-0.3, -0.25) is 19.4 Å². The van der Waals surface area contributed by atoms with Gasteiger partial charge in [0.2, 0.25) is 11.7 Å². The minimum atomic E-state index is -1.61. The maximum Gasteiger partial charge on any atom is 0.249 e. The maximum absolute atomic E-state index is 14.1. The summed E-state index contributed by atoms with van der Waals surface area (Å²) in [7, 11) is 0. The Morgan fingerprint density at radius 3 is 2.54 bits per heavy atom. The molecule has 1 aliphatic heterocycles. The molecular formula is C29H28N4O7S.